The summed E-state index contributed by atoms with van der Waals surface area (Å²) in [6.45, 7) is 1.23. The van der Waals surface area contributed by atoms with E-state index in [1.807, 2.05) is 0 Å². The van der Waals surface area contributed by atoms with Gasteiger partial charge in [-0.25, -0.2) is 0 Å². The third-order valence-electron chi connectivity index (χ3n) is 1.66. The van der Waals surface area contributed by atoms with Crippen LogP contribution < -0.4 is 0 Å². The second-order valence-corrected chi connectivity index (χ2v) is 4.13. The van der Waals surface area contributed by atoms with Crippen LogP contribution in [0, 0.1) is 0 Å². The van der Waals surface area contributed by atoms with Crippen molar-refractivity contribution < 1.29 is 14.3 Å². The highest BCUT2D eigenvalue weighted by atomic mass is 79.9. The first-order chi connectivity index (χ1) is 7.00. The first-order valence-electron chi connectivity index (χ1n) is 4.12. The number of hydrogen-bond acceptors (Lipinski definition) is 3. The predicted molar refractivity (Wildman–Crippen MR) is 59.5 cm³/mol. The molecule has 1 rings (SSSR count). The lowest BCUT2D eigenvalue weighted by Gasteiger charge is -2.12. The van der Waals surface area contributed by atoms with Crippen molar-refractivity contribution in [1.82, 2.24) is 0 Å². The Labute approximate surface area is 100 Å². The van der Waals surface area contributed by atoms with Crippen molar-refractivity contribution in [3.8, 4) is 0 Å². The lowest BCUT2D eigenvalue weighted by Crippen LogP contribution is -2.14. The summed E-state index contributed by atoms with van der Waals surface area (Å²) in [5, 5.41) is -0.715. The van der Waals surface area contributed by atoms with Gasteiger partial charge in [-0.2, -0.15) is 0 Å². The number of carbonyl (C=O) groups is 2. The van der Waals surface area contributed by atoms with Gasteiger partial charge in [0.05, 0.1) is 0 Å². The van der Waals surface area contributed by atoms with Crippen LogP contribution in [0.25, 0.3) is 0 Å². The maximum atomic E-state index is 11.0. The van der Waals surface area contributed by atoms with Gasteiger partial charge >= 0.3 is 5.97 Å². The van der Waals surface area contributed by atoms with Gasteiger partial charge < -0.3 is 4.74 Å². The zero-order valence-corrected chi connectivity index (χ0v) is 10.2. The minimum absolute atomic E-state index is 0.545. The molecule has 1 aromatic carbocycles. The minimum atomic E-state index is -1.03. The normalized spacial score (nSPS) is 11.9. The summed E-state index contributed by atoms with van der Waals surface area (Å²) in [6, 6.07) is 6.81. The molecule has 80 valence electrons. The monoisotopic (exact) mass is 290 g/mol. The molecule has 0 spiro atoms. The fourth-order valence-corrected chi connectivity index (χ4v) is 1.48. The molecular weight excluding hydrogens is 283 g/mol. The fourth-order valence-electron chi connectivity index (χ4n) is 1.05. The molecule has 0 saturated carbocycles. The average molecular weight is 292 g/mol. The minimum Gasteiger partial charge on any atom is -0.448 e. The number of rotatable bonds is 3. The molecule has 0 fully saturated rings. The predicted octanol–water partition coefficient (Wildman–Crippen LogP) is 2.82. The van der Waals surface area contributed by atoms with Crippen molar-refractivity contribution in [3.05, 3.63) is 34.3 Å². The summed E-state index contributed by atoms with van der Waals surface area (Å²) >= 11 is 8.59. The van der Waals surface area contributed by atoms with Crippen LogP contribution in [-0.4, -0.2) is 11.2 Å². The largest absolute Gasteiger partial charge is 0.448 e. The van der Waals surface area contributed by atoms with E-state index in [4.69, 9.17) is 16.3 Å². The van der Waals surface area contributed by atoms with Gasteiger partial charge in [-0.15, -0.1) is 0 Å². The number of esters is 1. The third-order valence-corrected chi connectivity index (χ3v) is 2.39. The van der Waals surface area contributed by atoms with Crippen LogP contribution >= 0.6 is 27.5 Å². The summed E-state index contributed by atoms with van der Waals surface area (Å²) in [5.41, 5.74) is 0.549. The quantitative estimate of drug-likeness (QED) is 0.635. The van der Waals surface area contributed by atoms with E-state index in [0.717, 1.165) is 4.47 Å². The van der Waals surface area contributed by atoms with Gasteiger partial charge in [0.2, 0.25) is 6.10 Å². The Bertz CT molecular complexity index is 375. The van der Waals surface area contributed by atoms with Gasteiger partial charge in [0.15, 0.2) is 0 Å². The molecule has 1 atom stereocenters. The van der Waals surface area contributed by atoms with Crippen molar-refractivity contribution in [3.63, 3.8) is 0 Å². The Kier molecular flexibility index (Phi) is 4.29. The molecule has 0 aliphatic heterocycles. The van der Waals surface area contributed by atoms with Crippen LogP contribution in [0.1, 0.15) is 18.6 Å². The molecule has 0 aliphatic carbocycles. The number of ether oxygens (including phenoxy) is 1. The van der Waals surface area contributed by atoms with E-state index >= 15 is 0 Å². The molecule has 0 aromatic heterocycles. The topological polar surface area (TPSA) is 43.4 Å². The van der Waals surface area contributed by atoms with Crippen molar-refractivity contribution in [2.24, 2.45) is 0 Å². The maximum Gasteiger partial charge on any atom is 0.303 e. The standard InChI is InChI=1S/C10H8BrClO3/c1-6(13)15-9(10(12)14)7-2-4-8(11)5-3-7/h2-5,9H,1H3. The SMILES string of the molecule is CC(=O)OC(C(=O)Cl)c1ccc(Br)cc1. The summed E-state index contributed by atoms with van der Waals surface area (Å²) in [4.78, 5) is 21.8. The molecule has 1 unspecified atom stereocenters. The van der Waals surface area contributed by atoms with Crippen LogP contribution in [0.2, 0.25) is 0 Å². The molecule has 0 N–H and O–H groups in total. The number of carbonyl (C=O) groups excluding carboxylic acids is 2. The van der Waals surface area contributed by atoms with Crippen molar-refractivity contribution in [1.29, 1.82) is 0 Å². The lowest BCUT2D eigenvalue weighted by molar-refractivity contribution is -0.150. The lowest BCUT2D eigenvalue weighted by atomic mass is 10.1. The Morgan fingerprint density at radius 1 is 1.33 bits per heavy atom. The molecule has 0 heterocycles. The van der Waals surface area contributed by atoms with Gasteiger partial charge in [0, 0.05) is 17.0 Å². The van der Waals surface area contributed by atoms with Crippen LogP contribution in [0.4, 0.5) is 0 Å². The molecule has 0 saturated heterocycles. The first kappa shape index (κ1) is 12.2. The Morgan fingerprint density at radius 3 is 2.27 bits per heavy atom. The van der Waals surface area contributed by atoms with E-state index in [1.165, 1.54) is 6.92 Å². The van der Waals surface area contributed by atoms with Gasteiger partial charge in [0.1, 0.15) is 0 Å². The number of benzene rings is 1. The van der Waals surface area contributed by atoms with E-state index in [2.05, 4.69) is 15.9 Å². The summed E-state index contributed by atoms with van der Waals surface area (Å²) in [6.07, 6.45) is -1.03. The number of hydrogen-bond donors (Lipinski definition) is 0. The maximum absolute atomic E-state index is 11.0. The molecule has 1 aromatic rings. The second kappa shape index (κ2) is 5.28. The van der Waals surface area contributed by atoms with E-state index < -0.39 is 17.3 Å². The van der Waals surface area contributed by atoms with E-state index in [-0.39, 0.29) is 0 Å². The summed E-state index contributed by atoms with van der Waals surface area (Å²) in [5.74, 6) is -0.545. The molecule has 3 nitrogen and oxygen atoms in total. The Morgan fingerprint density at radius 2 is 1.87 bits per heavy atom. The first-order valence-corrected chi connectivity index (χ1v) is 5.30. The van der Waals surface area contributed by atoms with E-state index in [9.17, 15) is 9.59 Å². The van der Waals surface area contributed by atoms with Crippen molar-refractivity contribution in [2.75, 3.05) is 0 Å². The smallest absolute Gasteiger partial charge is 0.303 e. The summed E-state index contributed by atoms with van der Waals surface area (Å²) in [7, 11) is 0. The second-order valence-electron chi connectivity index (χ2n) is 2.85. The Balaban J connectivity index is 2.94. The fraction of sp³-hybridized carbons (Fsp3) is 0.200. The van der Waals surface area contributed by atoms with Crippen molar-refractivity contribution in [2.45, 2.75) is 13.0 Å². The Hall–Kier alpha value is -0.870. The zero-order valence-electron chi connectivity index (χ0n) is 7.87. The molecule has 0 aliphatic rings. The summed E-state index contributed by atoms with van der Waals surface area (Å²) < 4.78 is 5.67. The van der Waals surface area contributed by atoms with E-state index in [0.29, 0.717) is 5.56 Å². The van der Waals surface area contributed by atoms with Crippen LogP contribution in [-0.2, 0) is 14.3 Å². The molecule has 5 heteroatoms. The molecule has 0 amide bonds. The zero-order chi connectivity index (χ0) is 11.4. The highest BCUT2D eigenvalue weighted by molar-refractivity contribution is 9.10. The molecule has 0 bridgehead atoms. The van der Waals surface area contributed by atoms with Crippen LogP contribution in [0.15, 0.2) is 28.7 Å². The van der Waals surface area contributed by atoms with Gasteiger partial charge in [-0.1, -0.05) is 28.1 Å². The number of halogens is 2. The molecule has 15 heavy (non-hydrogen) atoms. The molecular formula is C10H8BrClO3. The van der Waals surface area contributed by atoms with Gasteiger partial charge in [0.25, 0.3) is 5.24 Å². The van der Waals surface area contributed by atoms with Gasteiger partial charge in [-0.3, -0.25) is 9.59 Å². The van der Waals surface area contributed by atoms with Crippen LogP contribution in [0.3, 0.4) is 0 Å². The molecule has 0 radical (unpaired) electrons. The van der Waals surface area contributed by atoms with Crippen LogP contribution in [0.5, 0.6) is 0 Å². The van der Waals surface area contributed by atoms with Crippen molar-refractivity contribution >= 4 is 38.7 Å². The van der Waals surface area contributed by atoms with E-state index in [1.54, 1.807) is 24.3 Å². The third kappa shape index (κ3) is 3.64. The van der Waals surface area contributed by atoms with Gasteiger partial charge in [-0.05, 0) is 23.7 Å². The average Bonchev–Trinajstić information content (AvgIpc) is 2.15. The highest BCUT2D eigenvalue weighted by Crippen LogP contribution is 2.22. The highest BCUT2D eigenvalue weighted by Gasteiger charge is 2.21.